The van der Waals surface area contributed by atoms with E-state index in [0.29, 0.717) is 18.3 Å². The van der Waals surface area contributed by atoms with Gasteiger partial charge in [-0.2, -0.15) is 15.1 Å². The van der Waals surface area contributed by atoms with Crippen molar-refractivity contribution >= 4 is 50.7 Å². The molecule has 0 saturated heterocycles. The highest BCUT2D eigenvalue weighted by molar-refractivity contribution is 8.26. The number of aliphatic imine (C=N–C) groups is 1. The number of thioether (sulfide) groups is 1. The second-order valence-corrected chi connectivity index (χ2v) is 11.5. The van der Waals surface area contributed by atoms with E-state index in [9.17, 15) is 4.79 Å². The van der Waals surface area contributed by atoms with Gasteiger partial charge in [-0.15, -0.1) is 0 Å². The highest BCUT2D eigenvalue weighted by Gasteiger charge is 2.35. The number of unbranched alkanes of at least 4 members (excludes halogenated alkanes) is 4. The minimum Gasteiger partial charge on any atom is -0.491 e. The number of rotatable bonds is 11. The zero-order chi connectivity index (χ0) is 28.2. The Hall–Kier alpha value is -3.65. The lowest BCUT2D eigenvalue weighted by atomic mass is 10.1. The first-order chi connectivity index (χ1) is 19.4. The van der Waals surface area contributed by atoms with Crippen LogP contribution >= 0.6 is 11.8 Å². The summed E-state index contributed by atoms with van der Waals surface area (Å²) in [7, 11) is 0. The fraction of sp³-hybridized carbons (Fsp3) is 0.375. The molecule has 40 heavy (non-hydrogen) atoms. The second-order valence-electron chi connectivity index (χ2n) is 10.5. The number of carbonyl (C=O) groups is 1. The molecule has 2 aromatic carbocycles. The van der Waals surface area contributed by atoms with Gasteiger partial charge in [0.25, 0.3) is 5.91 Å². The van der Waals surface area contributed by atoms with E-state index in [2.05, 4.69) is 66.6 Å². The van der Waals surface area contributed by atoms with Crippen LogP contribution in [0.25, 0.3) is 17.0 Å². The molecule has 7 nitrogen and oxygen atoms in total. The minimum atomic E-state index is -0.391. The van der Waals surface area contributed by atoms with E-state index in [1.807, 2.05) is 24.3 Å². The van der Waals surface area contributed by atoms with Crippen LogP contribution in [0.4, 0.5) is 0 Å². The predicted molar refractivity (Wildman–Crippen MR) is 166 cm³/mol. The molecule has 0 unspecified atom stereocenters. The molecule has 3 heterocycles. The Morgan fingerprint density at radius 1 is 1.05 bits per heavy atom. The summed E-state index contributed by atoms with van der Waals surface area (Å²) in [5, 5.41) is 17.5. The molecule has 0 atom stereocenters. The van der Waals surface area contributed by atoms with Crippen molar-refractivity contribution in [1.29, 1.82) is 5.41 Å². The van der Waals surface area contributed by atoms with Gasteiger partial charge in [-0.25, -0.2) is 0 Å². The Bertz CT molecular complexity index is 1550. The molecule has 208 valence electrons. The van der Waals surface area contributed by atoms with Gasteiger partial charge in [0.15, 0.2) is 5.84 Å². The Kier molecular flexibility index (Phi) is 8.54. The molecule has 0 fully saturated rings. The average Bonchev–Trinajstić information content (AvgIpc) is 3.46. The first kappa shape index (κ1) is 27.9. The monoisotopic (exact) mass is 555 g/mol. The number of aryl methyl sites for hydroxylation is 2. The number of hydrogen-bond donors (Lipinski definition) is 1. The smallest absolute Gasteiger partial charge is 0.283 e. The predicted octanol–water partition coefficient (Wildman–Crippen LogP) is 7.63. The third-order valence-electron chi connectivity index (χ3n) is 7.46. The van der Waals surface area contributed by atoms with Crippen molar-refractivity contribution in [2.75, 3.05) is 6.61 Å². The number of ether oxygens (including phenoxy) is 1. The molecule has 0 radical (unpaired) electrons. The topological polar surface area (TPSA) is 83.0 Å². The molecule has 0 spiro atoms. The van der Waals surface area contributed by atoms with Crippen molar-refractivity contribution in [3.8, 4) is 5.75 Å². The molecule has 0 bridgehead atoms. The average molecular weight is 556 g/mol. The third-order valence-corrected chi connectivity index (χ3v) is 8.43. The lowest BCUT2D eigenvalue weighted by molar-refractivity contribution is -0.114. The molecule has 8 heteroatoms. The van der Waals surface area contributed by atoms with Crippen LogP contribution in [-0.4, -0.2) is 38.1 Å². The van der Waals surface area contributed by atoms with E-state index in [1.54, 1.807) is 0 Å². The Labute approximate surface area is 240 Å². The molecular formula is C32H37N5O2S. The molecule has 1 N–H and O–H groups in total. The summed E-state index contributed by atoms with van der Waals surface area (Å²) >= 11 is 1.41. The number of hydrazone groups is 1. The van der Waals surface area contributed by atoms with Gasteiger partial charge in [-0.3, -0.25) is 10.2 Å². The standard InChI is InChI=1S/C32H37N5O2S/c1-5-6-7-8-9-14-29-35-37-30(33)26(31(38)34-32(37)40-29)20-25-23(4)36(27-13-11-10-12-24(25)27)17-18-39-28-16-15-21(2)19-22(28)3/h10-13,15-16,19-20,33H,5-9,14,17-18H2,1-4H3/b26-20-,33-30?. The number of amidine groups is 2. The largest absolute Gasteiger partial charge is 0.491 e. The fourth-order valence-corrected chi connectivity index (χ4v) is 6.22. The lowest BCUT2D eigenvalue weighted by Gasteiger charge is -2.20. The molecule has 0 aliphatic carbocycles. The van der Waals surface area contributed by atoms with Crippen LogP contribution in [0, 0.1) is 26.2 Å². The van der Waals surface area contributed by atoms with Gasteiger partial charge >= 0.3 is 0 Å². The molecule has 2 aliphatic rings. The maximum absolute atomic E-state index is 13.1. The number of benzene rings is 2. The van der Waals surface area contributed by atoms with Crippen molar-refractivity contribution in [3.63, 3.8) is 0 Å². The highest BCUT2D eigenvalue weighted by Crippen LogP contribution is 2.33. The molecule has 5 rings (SSSR count). The molecule has 3 aromatic rings. The SMILES string of the molecule is CCCCCCCC1=NN2C(=N)/C(=C/c3c(C)n(CCOc4ccc(C)cc4C)c4ccccc34)C(=O)N=C2S1. The maximum Gasteiger partial charge on any atom is 0.283 e. The van der Waals surface area contributed by atoms with Crippen LogP contribution in [0.5, 0.6) is 5.75 Å². The van der Waals surface area contributed by atoms with Gasteiger partial charge in [-0.1, -0.05) is 68.5 Å². The summed E-state index contributed by atoms with van der Waals surface area (Å²) in [6, 6.07) is 14.4. The normalized spacial score (nSPS) is 16.1. The second kappa shape index (κ2) is 12.3. The molecule has 2 aliphatic heterocycles. The van der Waals surface area contributed by atoms with E-state index in [4.69, 9.17) is 10.1 Å². The number of aromatic nitrogens is 1. The summed E-state index contributed by atoms with van der Waals surface area (Å²) < 4.78 is 8.35. The van der Waals surface area contributed by atoms with Crippen LogP contribution < -0.4 is 4.74 Å². The molecule has 1 aromatic heterocycles. The van der Waals surface area contributed by atoms with Crippen molar-refractivity contribution in [3.05, 3.63) is 70.4 Å². The summed E-state index contributed by atoms with van der Waals surface area (Å²) in [5.74, 6) is 0.580. The van der Waals surface area contributed by atoms with E-state index in [0.717, 1.165) is 51.4 Å². The van der Waals surface area contributed by atoms with E-state index in [1.165, 1.54) is 48.0 Å². The van der Waals surface area contributed by atoms with Crippen LogP contribution in [0.15, 0.2) is 58.1 Å². The first-order valence-electron chi connectivity index (χ1n) is 14.1. The van der Waals surface area contributed by atoms with Gasteiger partial charge in [0.1, 0.15) is 17.4 Å². The van der Waals surface area contributed by atoms with E-state index < -0.39 is 5.91 Å². The number of nitrogens with zero attached hydrogens (tertiary/aromatic N) is 4. The molecule has 0 saturated carbocycles. The number of para-hydroxylation sites is 1. The highest BCUT2D eigenvalue weighted by atomic mass is 32.2. The maximum atomic E-state index is 13.1. The number of amides is 1. The fourth-order valence-electron chi connectivity index (χ4n) is 5.29. The Morgan fingerprint density at radius 3 is 2.65 bits per heavy atom. The first-order valence-corrected chi connectivity index (χ1v) is 15.0. The summed E-state index contributed by atoms with van der Waals surface area (Å²) in [4.78, 5) is 17.4. The van der Waals surface area contributed by atoms with Gasteiger partial charge < -0.3 is 9.30 Å². The van der Waals surface area contributed by atoms with Crippen molar-refractivity contribution < 1.29 is 9.53 Å². The number of carbonyl (C=O) groups excluding carboxylic acids is 1. The third kappa shape index (κ3) is 5.77. The summed E-state index contributed by atoms with van der Waals surface area (Å²) in [6.07, 6.45) is 8.58. The Morgan fingerprint density at radius 2 is 1.85 bits per heavy atom. The Balaban J connectivity index is 1.37. The lowest BCUT2D eigenvalue weighted by Crippen LogP contribution is -2.35. The van der Waals surface area contributed by atoms with Crippen LogP contribution in [0.1, 0.15) is 67.8 Å². The minimum absolute atomic E-state index is 0.0814. The van der Waals surface area contributed by atoms with Crippen molar-refractivity contribution in [2.45, 2.75) is 72.8 Å². The van der Waals surface area contributed by atoms with Crippen LogP contribution in [0.2, 0.25) is 0 Å². The van der Waals surface area contributed by atoms with Gasteiger partial charge in [0, 0.05) is 22.2 Å². The number of hydrogen-bond acceptors (Lipinski definition) is 5. The molecular weight excluding hydrogens is 518 g/mol. The summed E-state index contributed by atoms with van der Waals surface area (Å²) in [6.45, 7) is 9.58. The van der Waals surface area contributed by atoms with Crippen molar-refractivity contribution in [1.82, 2.24) is 9.58 Å². The van der Waals surface area contributed by atoms with E-state index in [-0.39, 0.29) is 11.4 Å². The number of fused-ring (bicyclic) bond motifs is 2. The number of nitrogens with one attached hydrogen (secondary N) is 1. The van der Waals surface area contributed by atoms with Gasteiger partial charge in [0.2, 0.25) is 5.17 Å². The summed E-state index contributed by atoms with van der Waals surface area (Å²) in [5.41, 5.74) is 5.59. The van der Waals surface area contributed by atoms with Crippen LogP contribution in [0.3, 0.4) is 0 Å². The van der Waals surface area contributed by atoms with Gasteiger partial charge in [0.05, 0.1) is 12.1 Å². The van der Waals surface area contributed by atoms with Gasteiger partial charge in [-0.05, 0) is 69.1 Å². The molecule has 1 amide bonds. The van der Waals surface area contributed by atoms with Crippen LogP contribution in [-0.2, 0) is 11.3 Å². The zero-order valence-corrected chi connectivity index (χ0v) is 24.6. The van der Waals surface area contributed by atoms with E-state index >= 15 is 0 Å². The quantitative estimate of drug-likeness (QED) is 0.195. The zero-order valence-electron chi connectivity index (χ0n) is 23.8. The van der Waals surface area contributed by atoms with Crippen molar-refractivity contribution in [2.24, 2.45) is 10.1 Å².